The Bertz CT molecular complexity index is 1210. The molecule has 0 aliphatic carbocycles. The Hall–Kier alpha value is -2.94. The molecule has 1 saturated heterocycles. The fraction of sp³-hybridized carbons (Fsp3) is 0.304. The zero-order chi connectivity index (χ0) is 23.5. The summed E-state index contributed by atoms with van der Waals surface area (Å²) in [5.41, 5.74) is 2.30. The van der Waals surface area contributed by atoms with Crippen molar-refractivity contribution in [2.24, 2.45) is 5.92 Å². The van der Waals surface area contributed by atoms with Crippen molar-refractivity contribution < 1.29 is 14.3 Å². The quantitative estimate of drug-likeness (QED) is 0.523. The summed E-state index contributed by atoms with van der Waals surface area (Å²) in [6.07, 6.45) is 2.25. The van der Waals surface area contributed by atoms with Crippen LogP contribution < -0.4 is 10.6 Å². The number of nitrogens with zero attached hydrogens (tertiary/aromatic N) is 3. The van der Waals surface area contributed by atoms with E-state index in [1.54, 1.807) is 37.4 Å². The molecule has 1 aliphatic rings. The highest BCUT2D eigenvalue weighted by Crippen LogP contribution is 2.28. The van der Waals surface area contributed by atoms with Gasteiger partial charge >= 0.3 is 0 Å². The van der Waals surface area contributed by atoms with Gasteiger partial charge in [0.1, 0.15) is 5.69 Å². The molecule has 0 radical (unpaired) electrons. The summed E-state index contributed by atoms with van der Waals surface area (Å²) in [6.45, 7) is 5.37. The second-order valence-corrected chi connectivity index (χ2v) is 8.65. The zero-order valence-electron chi connectivity index (χ0n) is 18.2. The zero-order valence-corrected chi connectivity index (χ0v) is 19.7. The van der Waals surface area contributed by atoms with E-state index in [9.17, 15) is 9.59 Å². The van der Waals surface area contributed by atoms with Crippen molar-refractivity contribution in [1.29, 1.82) is 0 Å². The van der Waals surface area contributed by atoms with E-state index in [0.717, 1.165) is 5.69 Å². The van der Waals surface area contributed by atoms with Gasteiger partial charge < -0.3 is 15.4 Å². The minimum absolute atomic E-state index is 0.252. The van der Waals surface area contributed by atoms with Gasteiger partial charge in [-0.1, -0.05) is 23.2 Å². The minimum atomic E-state index is -0.448. The molecular weight excluding hydrogens is 465 g/mol. The van der Waals surface area contributed by atoms with Crippen LogP contribution >= 0.6 is 23.2 Å². The number of hydrogen-bond acceptors (Lipinski definition) is 5. The molecule has 33 heavy (non-hydrogen) atoms. The molecule has 2 N–H and O–H groups in total. The van der Waals surface area contributed by atoms with Gasteiger partial charge in [-0.15, -0.1) is 0 Å². The first kappa shape index (κ1) is 23.2. The molecule has 0 saturated carbocycles. The molecule has 172 valence electrons. The summed E-state index contributed by atoms with van der Waals surface area (Å²) in [6, 6.07) is 8.33. The second kappa shape index (κ2) is 9.91. The molecular formula is C23H23Cl2N5O3. The average molecular weight is 488 g/mol. The molecule has 1 fully saturated rings. The molecule has 8 nitrogen and oxygen atoms in total. The normalized spacial score (nSPS) is 13.5. The number of carbonyl (C=O) groups excluding carboxylic acids is 2. The number of rotatable bonds is 7. The van der Waals surface area contributed by atoms with Gasteiger partial charge in [0.05, 0.1) is 35.2 Å². The van der Waals surface area contributed by atoms with E-state index in [1.165, 1.54) is 10.7 Å². The molecule has 0 atom stereocenters. The number of benzene rings is 1. The van der Waals surface area contributed by atoms with Gasteiger partial charge in [-0.2, -0.15) is 5.10 Å². The van der Waals surface area contributed by atoms with E-state index in [0.29, 0.717) is 59.2 Å². The number of aromatic nitrogens is 3. The highest BCUT2D eigenvalue weighted by Gasteiger charge is 2.25. The third-order valence-corrected chi connectivity index (χ3v) is 5.77. The van der Waals surface area contributed by atoms with Crippen LogP contribution in [-0.4, -0.2) is 46.3 Å². The number of halogens is 2. The van der Waals surface area contributed by atoms with Gasteiger partial charge in [0, 0.05) is 23.7 Å². The van der Waals surface area contributed by atoms with Crippen molar-refractivity contribution >= 4 is 40.7 Å². The standard InChI is InChI=1S/C23H23Cl2N5O3/c1-3-26-22(31)17-9-15(24)7-13(2)20(17)28-23(32)19-10-16(8-14-11-33-12-14)29-30(19)21-18(25)5-4-6-27-21/h4-7,9-10,14H,3,8,11-12H2,1-2H3,(H,26,31)(H,28,32). The SMILES string of the molecule is CCNC(=O)c1cc(Cl)cc(C)c1NC(=O)c1cc(CC2COC2)nn1-c1ncccc1Cl. The Morgan fingerprint density at radius 3 is 2.67 bits per heavy atom. The Kier molecular flexibility index (Phi) is 6.97. The van der Waals surface area contributed by atoms with E-state index < -0.39 is 5.91 Å². The lowest BCUT2D eigenvalue weighted by Crippen LogP contribution is -2.29. The van der Waals surface area contributed by atoms with E-state index >= 15 is 0 Å². The van der Waals surface area contributed by atoms with E-state index in [-0.39, 0.29) is 17.2 Å². The van der Waals surface area contributed by atoms with Crippen LogP contribution in [0, 0.1) is 12.8 Å². The van der Waals surface area contributed by atoms with Crippen molar-refractivity contribution in [2.75, 3.05) is 25.1 Å². The monoisotopic (exact) mass is 487 g/mol. The lowest BCUT2D eigenvalue weighted by molar-refractivity contribution is -0.0316. The fourth-order valence-electron chi connectivity index (χ4n) is 3.61. The molecule has 0 unspecified atom stereocenters. The first-order valence-corrected chi connectivity index (χ1v) is 11.3. The average Bonchev–Trinajstić information content (AvgIpc) is 3.17. The summed E-state index contributed by atoms with van der Waals surface area (Å²) >= 11 is 12.5. The Balaban J connectivity index is 1.73. The van der Waals surface area contributed by atoms with E-state index in [1.807, 2.05) is 6.92 Å². The van der Waals surface area contributed by atoms with Crippen molar-refractivity contribution in [3.63, 3.8) is 0 Å². The van der Waals surface area contributed by atoms with Gasteiger partial charge in [0.15, 0.2) is 5.82 Å². The van der Waals surface area contributed by atoms with Crippen LogP contribution in [0.3, 0.4) is 0 Å². The van der Waals surface area contributed by atoms with Gasteiger partial charge in [0.2, 0.25) is 0 Å². The minimum Gasteiger partial charge on any atom is -0.381 e. The first-order chi connectivity index (χ1) is 15.9. The van der Waals surface area contributed by atoms with Gasteiger partial charge in [-0.3, -0.25) is 9.59 Å². The molecule has 0 spiro atoms. The number of hydrogen-bond donors (Lipinski definition) is 2. The third kappa shape index (κ3) is 5.03. The number of pyridine rings is 1. The molecule has 2 amide bonds. The van der Waals surface area contributed by atoms with Crippen LogP contribution in [0.2, 0.25) is 10.0 Å². The smallest absolute Gasteiger partial charge is 0.274 e. The van der Waals surface area contributed by atoms with Crippen LogP contribution in [-0.2, 0) is 11.2 Å². The van der Waals surface area contributed by atoms with Crippen molar-refractivity contribution in [2.45, 2.75) is 20.3 Å². The summed E-state index contributed by atoms with van der Waals surface area (Å²) in [5, 5.41) is 11.0. The summed E-state index contributed by atoms with van der Waals surface area (Å²) in [4.78, 5) is 30.4. The molecule has 3 heterocycles. The van der Waals surface area contributed by atoms with Crippen LogP contribution in [0.4, 0.5) is 5.69 Å². The molecule has 4 rings (SSSR count). The predicted octanol–water partition coefficient (Wildman–Crippen LogP) is 4.07. The number of anilines is 1. The maximum absolute atomic E-state index is 13.4. The fourth-order valence-corrected chi connectivity index (χ4v) is 4.08. The number of nitrogens with one attached hydrogen (secondary N) is 2. The first-order valence-electron chi connectivity index (χ1n) is 10.5. The highest BCUT2D eigenvalue weighted by atomic mass is 35.5. The van der Waals surface area contributed by atoms with Gasteiger partial charge in [-0.05, 0) is 56.2 Å². The van der Waals surface area contributed by atoms with Crippen LogP contribution in [0.5, 0.6) is 0 Å². The maximum atomic E-state index is 13.4. The topological polar surface area (TPSA) is 98.1 Å². The molecule has 1 aliphatic heterocycles. The van der Waals surface area contributed by atoms with Crippen molar-refractivity contribution in [3.05, 3.63) is 69.1 Å². The number of ether oxygens (including phenoxy) is 1. The molecule has 2 aromatic heterocycles. The lowest BCUT2D eigenvalue weighted by atomic mass is 10.0. The molecule has 3 aromatic rings. The van der Waals surface area contributed by atoms with Crippen LogP contribution in [0.1, 0.15) is 39.0 Å². The van der Waals surface area contributed by atoms with Crippen LogP contribution in [0.15, 0.2) is 36.5 Å². The number of carbonyl (C=O) groups is 2. The lowest BCUT2D eigenvalue weighted by Gasteiger charge is -2.24. The number of aryl methyl sites for hydroxylation is 1. The summed E-state index contributed by atoms with van der Waals surface area (Å²) in [7, 11) is 0. The Morgan fingerprint density at radius 1 is 1.21 bits per heavy atom. The maximum Gasteiger partial charge on any atom is 0.274 e. The summed E-state index contributed by atoms with van der Waals surface area (Å²) < 4.78 is 6.69. The second-order valence-electron chi connectivity index (χ2n) is 7.81. The molecule has 0 bridgehead atoms. The van der Waals surface area contributed by atoms with Crippen molar-refractivity contribution in [3.8, 4) is 5.82 Å². The molecule has 10 heteroatoms. The van der Waals surface area contributed by atoms with E-state index in [4.69, 9.17) is 27.9 Å². The van der Waals surface area contributed by atoms with Crippen molar-refractivity contribution in [1.82, 2.24) is 20.1 Å². The predicted molar refractivity (Wildman–Crippen MR) is 127 cm³/mol. The number of amides is 2. The molecule has 1 aromatic carbocycles. The van der Waals surface area contributed by atoms with Gasteiger partial charge in [-0.25, -0.2) is 9.67 Å². The largest absolute Gasteiger partial charge is 0.381 e. The highest BCUT2D eigenvalue weighted by molar-refractivity contribution is 6.32. The Morgan fingerprint density at radius 2 is 2.00 bits per heavy atom. The Labute approximate surface area is 201 Å². The summed E-state index contributed by atoms with van der Waals surface area (Å²) in [5.74, 6) is -0.0785. The van der Waals surface area contributed by atoms with Crippen LogP contribution in [0.25, 0.3) is 5.82 Å². The third-order valence-electron chi connectivity index (χ3n) is 5.26. The van der Waals surface area contributed by atoms with Gasteiger partial charge in [0.25, 0.3) is 11.8 Å². The van der Waals surface area contributed by atoms with E-state index in [2.05, 4.69) is 20.7 Å².